The fourth-order valence-corrected chi connectivity index (χ4v) is 4.75. The van der Waals surface area contributed by atoms with Crippen molar-refractivity contribution < 1.29 is 24.2 Å². The average molecular weight is 555 g/mol. The van der Waals surface area contributed by atoms with Crippen LogP contribution in [0.2, 0.25) is 0 Å². The first-order valence-corrected chi connectivity index (χ1v) is 14.6. The van der Waals surface area contributed by atoms with Crippen molar-refractivity contribution in [2.45, 2.75) is 57.7 Å². The molecule has 210 valence electrons. The molecule has 9 nitrogen and oxygen atoms in total. The van der Waals surface area contributed by atoms with Crippen LogP contribution in [0.1, 0.15) is 44.4 Å². The third-order valence-corrected chi connectivity index (χ3v) is 7.50. The number of aryl methyl sites for hydroxylation is 1. The lowest BCUT2D eigenvalue weighted by molar-refractivity contribution is -0.176. The van der Waals surface area contributed by atoms with Gasteiger partial charge < -0.3 is 25.5 Å². The SMILES string of the molecule is CC[C@H](C)[C@@H](CO[C@](CCSC)(NC(=O)CCc1ccc2ccccc2c1)C(=O)O)NC(=O)Cc1cnc[nH]1. The topological polar surface area (TPSA) is 133 Å². The van der Waals surface area contributed by atoms with Crippen molar-refractivity contribution in [1.82, 2.24) is 20.6 Å². The number of carboxylic acids is 1. The molecular weight excluding hydrogens is 516 g/mol. The van der Waals surface area contributed by atoms with Crippen LogP contribution in [0.15, 0.2) is 55.0 Å². The Balaban J connectivity index is 1.68. The number of aromatic nitrogens is 2. The highest BCUT2D eigenvalue weighted by Gasteiger charge is 2.42. The van der Waals surface area contributed by atoms with Crippen molar-refractivity contribution in [3.63, 3.8) is 0 Å². The van der Waals surface area contributed by atoms with Crippen molar-refractivity contribution in [1.29, 1.82) is 0 Å². The lowest BCUT2D eigenvalue weighted by atomic mass is 9.99. The molecule has 10 heteroatoms. The van der Waals surface area contributed by atoms with E-state index in [1.165, 1.54) is 18.1 Å². The number of hydrogen-bond donors (Lipinski definition) is 4. The van der Waals surface area contributed by atoms with E-state index < -0.39 is 23.6 Å². The predicted molar refractivity (Wildman–Crippen MR) is 153 cm³/mol. The van der Waals surface area contributed by atoms with Crippen LogP contribution >= 0.6 is 11.8 Å². The number of carbonyl (C=O) groups excluding carboxylic acids is 2. The van der Waals surface area contributed by atoms with Gasteiger partial charge in [0.1, 0.15) is 0 Å². The summed E-state index contributed by atoms with van der Waals surface area (Å²) in [5.74, 6) is -1.40. The van der Waals surface area contributed by atoms with Crippen LogP contribution in [0, 0.1) is 5.92 Å². The Labute approximate surface area is 233 Å². The smallest absolute Gasteiger partial charge is 0.357 e. The first-order valence-electron chi connectivity index (χ1n) is 13.2. The van der Waals surface area contributed by atoms with Crippen LogP contribution in [-0.2, 0) is 32.0 Å². The van der Waals surface area contributed by atoms with E-state index in [1.54, 1.807) is 6.20 Å². The van der Waals surface area contributed by atoms with Gasteiger partial charge in [-0.1, -0.05) is 62.7 Å². The molecule has 2 aromatic carbocycles. The van der Waals surface area contributed by atoms with Crippen LogP contribution in [0.4, 0.5) is 0 Å². The van der Waals surface area contributed by atoms with Crippen molar-refractivity contribution in [3.05, 3.63) is 66.2 Å². The lowest BCUT2D eigenvalue weighted by Gasteiger charge is -2.33. The van der Waals surface area contributed by atoms with Crippen molar-refractivity contribution in [3.8, 4) is 0 Å². The van der Waals surface area contributed by atoms with Gasteiger partial charge in [-0.25, -0.2) is 9.78 Å². The van der Waals surface area contributed by atoms with Gasteiger partial charge in [-0.2, -0.15) is 11.8 Å². The molecule has 1 aromatic heterocycles. The number of thioether (sulfide) groups is 1. The number of carboxylic acid groups (broad SMARTS) is 1. The van der Waals surface area contributed by atoms with E-state index in [1.807, 2.05) is 62.6 Å². The second kappa shape index (κ2) is 14.7. The van der Waals surface area contributed by atoms with Gasteiger partial charge in [0.05, 0.1) is 25.4 Å². The first kappa shape index (κ1) is 30.2. The summed E-state index contributed by atoms with van der Waals surface area (Å²) in [5.41, 5.74) is -0.231. The van der Waals surface area contributed by atoms with E-state index in [-0.39, 0.29) is 37.7 Å². The molecule has 0 aliphatic heterocycles. The second-order valence-electron chi connectivity index (χ2n) is 9.73. The monoisotopic (exact) mass is 554 g/mol. The first-order chi connectivity index (χ1) is 18.8. The molecule has 0 aliphatic carbocycles. The Morgan fingerprint density at radius 3 is 2.59 bits per heavy atom. The maximum absolute atomic E-state index is 13.0. The van der Waals surface area contributed by atoms with Gasteiger partial charge >= 0.3 is 5.97 Å². The number of fused-ring (bicyclic) bond motifs is 1. The van der Waals surface area contributed by atoms with Gasteiger partial charge in [0.15, 0.2) is 0 Å². The average Bonchev–Trinajstić information content (AvgIpc) is 3.44. The highest BCUT2D eigenvalue weighted by atomic mass is 32.2. The minimum Gasteiger partial charge on any atom is -0.478 e. The Morgan fingerprint density at radius 2 is 1.92 bits per heavy atom. The molecule has 0 saturated heterocycles. The van der Waals surface area contributed by atoms with E-state index in [4.69, 9.17) is 4.74 Å². The highest BCUT2D eigenvalue weighted by molar-refractivity contribution is 7.98. The summed E-state index contributed by atoms with van der Waals surface area (Å²) in [6, 6.07) is 13.6. The minimum absolute atomic E-state index is 0.0198. The van der Waals surface area contributed by atoms with E-state index in [0.29, 0.717) is 17.9 Å². The number of aromatic amines is 1. The summed E-state index contributed by atoms with van der Waals surface area (Å²) in [7, 11) is 0. The van der Waals surface area contributed by atoms with Gasteiger partial charge in [0, 0.05) is 24.7 Å². The van der Waals surface area contributed by atoms with Crippen molar-refractivity contribution in [2.75, 3.05) is 18.6 Å². The van der Waals surface area contributed by atoms with Gasteiger partial charge in [-0.3, -0.25) is 9.59 Å². The minimum atomic E-state index is -1.90. The number of aliphatic carboxylic acids is 1. The zero-order chi connectivity index (χ0) is 28.3. The van der Waals surface area contributed by atoms with Gasteiger partial charge in [-0.05, 0) is 40.7 Å². The van der Waals surface area contributed by atoms with Crippen LogP contribution in [0.25, 0.3) is 10.8 Å². The Bertz CT molecular complexity index is 1240. The molecule has 0 spiro atoms. The number of ether oxygens (including phenoxy) is 1. The molecule has 0 bridgehead atoms. The molecule has 2 amide bonds. The number of rotatable bonds is 16. The standard InChI is InChI=1S/C29H38N4O5S/c1-4-20(2)25(32-27(35)16-24-17-30-19-31-24)18-38-29(28(36)37,13-14-39-3)33-26(34)12-10-21-9-11-22-7-5-6-8-23(22)15-21/h5-9,11,15,17,19-20,25H,4,10,12-14,16,18H2,1-3H3,(H,30,31)(H,32,35)(H,33,34)(H,36,37)/t20-,25+,29-/m0/s1. The number of H-pyrrole nitrogens is 1. The number of nitrogens with one attached hydrogen (secondary N) is 3. The summed E-state index contributed by atoms with van der Waals surface area (Å²) in [6.45, 7) is 3.90. The summed E-state index contributed by atoms with van der Waals surface area (Å²) < 4.78 is 6.02. The molecule has 3 aromatic rings. The fourth-order valence-electron chi connectivity index (χ4n) is 4.26. The van der Waals surface area contributed by atoms with Crippen molar-refractivity contribution >= 4 is 40.3 Å². The Kier molecular flexibility index (Phi) is 11.4. The second-order valence-corrected chi connectivity index (χ2v) is 10.7. The van der Waals surface area contributed by atoms with Crippen molar-refractivity contribution in [2.24, 2.45) is 5.92 Å². The number of amides is 2. The van der Waals surface area contributed by atoms with E-state index >= 15 is 0 Å². The lowest BCUT2D eigenvalue weighted by Crippen LogP contribution is -2.59. The maximum Gasteiger partial charge on any atom is 0.357 e. The van der Waals surface area contributed by atoms with E-state index in [9.17, 15) is 19.5 Å². The van der Waals surface area contributed by atoms with Crippen LogP contribution in [0.5, 0.6) is 0 Å². The van der Waals surface area contributed by atoms with E-state index in [2.05, 4.69) is 20.6 Å². The molecule has 1 heterocycles. The number of nitrogens with zero attached hydrogens (tertiary/aromatic N) is 1. The van der Waals surface area contributed by atoms with Crippen LogP contribution in [-0.4, -0.2) is 63.2 Å². The predicted octanol–water partition coefficient (Wildman–Crippen LogP) is 3.94. The normalized spacial score (nSPS) is 14.3. The Hall–Kier alpha value is -3.37. The Morgan fingerprint density at radius 1 is 1.15 bits per heavy atom. The molecule has 0 unspecified atom stereocenters. The van der Waals surface area contributed by atoms with Gasteiger partial charge in [0.25, 0.3) is 0 Å². The molecule has 39 heavy (non-hydrogen) atoms. The maximum atomic E-state index is 13.0. The van der Waals surface area contributed by atoms with Gasteiger partial charge in [0.2, 0.25) is 17.5 Å². The molecule has 3 atom stereocenters. The quantitative estimate of drug-likeness (QED) is 0.197. The summed E-state index contributed by atoms with van der Waals surface area (Å²) in [6.07, 6.45) is 6.50. The fraction of sp³-hybridized carbons (Fsp3) is 0.448. The molecule has 0 aliphatic rings. The summed E-state index contributed by atoms with van der Waals surface area (Å²) in [4.78, 5) is 45.0. The summed E-state index contributed by atoms with van der Waals surface area (Å²) >= 11 is 1.47. The molecule has 0 saturated carbocycles. The third-order valence-electron chi connectivity index (χ3n) is 6.89. The number of carbonyl (C=O) groups is 3. The third kappa shape index (κ3) is 8.83. The summed E-state index contributed by atoms with van der Waals surface area (Å²) in [5, 5.41) is 18.1. The van der Waals surface area contributed by atoms with Gasteiger partial charge in [-0.15, -0.1) is 0 Å². The van der Waals surface area contributed by atoms with E-state index in [0.717, 1.165) is 22.8 Å². The molecule has 0 radical (unpaired) electrons. The molecule has 0 fully saturated rings. The highest BCUT2D eigenvalue weighted by Crippen LogP contribution is 2.21. The number of imidazole rings is 1. The largest absolute Gasteiger partial charge is 0.478 e. The zero-order valence-corrected chi connectivity index (χ0v) is 23.6. The number of benzene rings is 2. The van der Waals surface area contributed by atoms with Crippen LogP contribution < -0.4 is 10.6 Å². The molecule has 3 rings (SSSR count). The number of hydrogen-bond acceptors (Lipinski definition) is 6. The molecular formula is C29H38N4O5S. The molecule has 4 N–H and O–H groups in total. The van der Waals surface area contributed by atoms with Crippen LogP contribution in [0.3, 0.4) is 0 Å². The zero-order valence-electron chi connectivity index (χ0n) is 22.7.